The third-order valence-electron chi connectivity index (χ3n) is 2.90. The van der Waals surface area contributed by atoms with Gasteiger partial charge in [-0.3, -0.25) is 0 Å². The van der Waals surface area contributed by atoms with E-state index >= 15 is 0 Å². The molecule has 0 amide bonds. The maximum atomic E-state index is 12.8. The molecular formula is C14H16FNO3S. The molecule has 20 heavy (non-hydrogen) atoms. The largest absolute Gasteiger partial charge is 0.466 e. The van der Waals surface area contributed by atoms with Crippen molar-refractivity contribution in [2.24, 2.45) is 0 Å². The highest BCUT2D eigenvalue weighted by atomic mass is 32.2. The Kier molecular flexibility index (Phi) is 4.25. The van der Waals surface area contributed by atoms with Crippen molar-refractivity contribution >= 4 is 10.0 Å². The average molecular weight is 297 g/mol. The minimum atomic E-state index is -3.47. The highest BCUT2D eigenvalue weighted by Crippen LogP contribution is 2.14. The van der Waals surface area contributed by atoms with Gasteiger partial charge in [-0.2, -0.15) is 0 Å². The Hall–Kier alpha value is -1.66. The summed E-state index contributed by atoms with van der Waals surface area (Å²) in [5, 5.41) is 0. The lowest BCUT2D eigenvalue weighted by atomic mass is 10.2. The van der Waals surface area contributed by atoms with Gasteiger partial charge in [0.25, 0.3) is 0 Å². The van der Waals surface area contributed by atoms with Gasteiger partial charge in [0.2, 0.25) is 10.0 Å². The molecule has 0 fully saturated rings. The Labute approximate surface area is 117 Å². The van der Waals surface area contributed by atoms with Gasteiger partial charge in [-0.25, -0.2) is 17.5 Å². The van der Waals surface area contributed by atoms with E-state index in [0.29, 0.717) is 11.3 Å². The second kappa shape index (κ2) is 5.76. The average Bonchev–Trinajstić information content (AvgIpc) is 2.68. The van der Waals surface area contributed by atoms with E-state index in [0.717, 1.165) is 11.3 Å². The number of hydrogen-bond donors (Lipinski definition) is 1. The Bertz CT molecular complexity index is 690. The van der Waals surface area contributed by atoms with Crippen LogP contribution in [0.2, 0.25) is 0 Å². The van der Waals surface area contributed by atoms with E-state index in [1.165, 1.54) is 24.3 Å². The molecule has 0 bridgehead atoms. The standard InChI is InChI=1S/C14H16FNO3S/c1-10-7-13(11(2)19-10)8-16-20(17,18)9-12-3-5-14(15)6-4-12/h3-7,16H,8-9H2,1-2H3. The summed E-state index contributed by atoms with van der Waals surface area (Å²) >= 11 is 0. The summed E-state index contributed by atoms with van der Waals surface area (Å²) in [6.45, 7) is 3.78. The summed E-state index contributed by atoms with van der Waals surface area (Å²) in [5.41, 5.74) is 1.35. The summed E-state index contributed by atoms with van der Waals surface area (Å²) < 4.78 is 44.5. The molecule has 1 aromatic carbocycles. The van der Waals surface area contributed by atoms with Crippen molar-refractivity contribution in [3.05, 3.63) is 58.8 Å². The first kappa shape index (κ1) is 14.7. The zero-order valence-corrected chi connectivity index (χ0v) is 12.1. The molecule has 2 aromatic rings. The fraction of sp³-hybridized carbons (Fsp3) is 0.286. The zero-order chi connectivity index (χ0) is 14.8. The van der Waals surface area contributed by atoms with Gasteiger partial charge in [0.1, 0.15) is 17.3 Å². The highest BCUT2D eigenvalue weighted by molar-refractivity contribution is 7.88. The molecule has 2 rings (SSSR count). The molecule has 1 N–H and O–H groups in total. The van der Waals surface area contributed by atoms with Crippen molar-refractivity contribution in [1.29, 1.82) is 0 Å². The van der Waals surface area contributed by atoms with Gasteiger partial charge >= 0.3 is 0 Å². The number of sulfonamides is 1. The minimum Gasteiger partial charge on any atom is -0.466 e. The molecule has 6 heteroatoms. The Morgan fingerprint density at radius 1 is 1.20 bits per heavy atom. The van der Waals surface area contributed by atoms with Gasteiger partial charge in [-0.15, -0.1) is 0 Å². The van der Waals surface area contributed by atoms with E-state index in [4.69, 9.17) is 4.42 Å². The van der Waals surface area contributed by atoms with Crippen LogP contribution in [0.3, 0.4) is 0 Å². The predicted octanol–water partition coefficient (Wildman–Crippen LogP) is 2.66. The number of furan rings is 1. The van der Waals surface area contributed by atoms with E-state index in [1.54, 1.807) is 13.0 Å². The van der Waals surface area contributed by atoms with Gasteiger partial charge in [-0.05, 0) is 37.6 Å². The normalized spacial score (nSPS) is 11.8. The summed E-state index contributed by atoms with van der Waals surface area (Å²) in [6, 6.07) is 7.21. The van der Waals surface area contributed by atoms with Crippen LogP contribution in [0.5, 0.6) is 0 Å². The van der Waals surface area contributed by atoms with Gasteiger partial charge in [0.15, 0.2) is 0 Å². The molecule has 108 valence electrons. The number of hydrogen-bond acceptors (Lipinski definition) is 3. The van der Waals surface area contributed by atoms with Gasteiger partial charge < -0.3 is 4.42 Å². The lowest BCUT2D eigenvalue weighted by molar-refractivity contribution is 0.500. The summed E-state index contributed by atoms with van der Waals surface area (Å²) in [4.78, 5) is 0. The van der Waals surface area contributed by atoms with E-state index < -0.39 is 10.0 Å². The first-order chi connectivity index (χ1) is 9.35. The third kappa shape index (κ3) is 3.91. The van der Waals surface area contributed by atoms with Crippen molar-refractivity contribution < 1.29 is 17.2 Å². The molecule has 0 aliphatic rings. The molecule has 0 atom stereocenters. The van der Waals surface area contributed by atoms with E-state index in [9.17, 15) is 12.8 Å². The molecule has 0 radical (unpaired) electrons. The number of rotatable bonds is 5. The summed E-state index contributed by atoms with van der Waals surface area (Å²) in [6.07, 6.45) is 0. The molecular weight excluding hydrogens is 281 g/mol. The lowest BCUT2D eigenvalue weighted by Gasteiger charge is -2.06. The zero-order valence-electron chi connectivity index (χ0n) is 11.3. The number of benzene rings is 1. The molecule has 4 nitrogen and oxygen atoms in total. The van der Waals surface area contributed by atoms with Gasteiger partial charge in [0, 0.05) is 12.1 Å². The van der Waals surface area contributed by atoms with Gasteiger partial charge in [0.05, 0.1) is 5.75 Å². The monoisotopic (exact) mass is 297 g/mol. The Morgan fingerprint density at radius 2 is 1.85 bits per heavy atom. The fourth-order valence-electron chi connectivity index (χ4n) is 1.90. The summed E-state index contributed by atoms with van der Waals surface area (Å²) in [7, 11) is -3.47. The van der Waals surface area contributed by atoms with Crippen LogP contribution in [-0.4, -0.2) is 8.42 Å². The Balaban J connectivity index is 2.01. The van der Waals surface area contributed by atoms with E-state index in [-0.39, 0.29) is 18.1 Å². The highest BCUT2D eigenvalue weighted by Gasteiger charge is 2.13. The number of nitrogens with one attached hydrogen (secondary N) is 1. The first-order valence-electron chi connectivity index (χ1n) is 6.13. The quantitative estimate of drug-likeness (QED) is 0.923. The van der Waals surface area contributed by atoms with E-state index in [2.05, 4.69) is 4.72 Å². The molecule has 1 heterocycles. The van der Waals surface area contributed by atoms with Crippen LogP contribution in [0.15, 0.2) is 34.7 Å². The molecule has 0 saturated heterocycles. The summed E-state index contributed by atoms with van der Waals surface area (Å²) in [5.74, 6) is 0.884. The van der Waals surface area contributed by atoms with Crippen LogP contribution < -0.4 is 4.72 Å². The van der Waals surface area contributed by atoms with E-state index in [1.807, 2.05) is 6.92 Å². The van der Waals surface area contributed by atoms with Gasteiger partial charge in [-0.1, -0.05) is 12.1 Å². The second-order valence-electron chi connectivity index (χ2n) is 4.65. The molecule has 0 spiro atoms. The molecule has 0 saturated carbocycles. The van der Waals surface area contributed by atoms with Crippen LogP contribution in [0.25, 0.3) is 0 Å². The second-order valence-corrected chi connectivity index (χ2v) is 6.45. The molecule has 0 unspecified atom stereocenters. The molecule has 0 aliphatic heterocycles. The van der Waals surface area contributed by atoms with Crippen LogP contribution in [0.1, 0.15) is 22.6 Å². The van der Waals surface area contributed by atoms with Crippen LogP contribution in [0.4, 0.5) is 4.39 Å². The smallest absolute Gasteiger partial charge is 0.216 e. The lowest BCUT2D eigenvalue weighted by Crippen LogP contribution is -2.24. The minimum absolute atomic E-state index is 0.177. The number of halogens is 1. The molecule has 1 aromatic heterocycles. The topological polar surface area (TPSA) is 59.3 Å². The van der Waals surface area contributed by atoms with Crippen molar-refractivity contribution in [3.63, 3.8) is 0 Å². The SMILES string of the molecule is Cc1cc(CNS(=O)(=O)Cc2ccc(F)cc2)c(C)o1. The maximum absolute atomic E-state index is 12.8. The van der Waals surface area contributed by atoms with Crippen LogP contribution in [0, 0.1) is 19.7 Å². The van der Waals surface area contributed by atoms with Crippen molar-refractivity contribution in [2.45, 2.75) is 26.1 Å². The maximum Gasteiger partial charge on any atom is 0.216 e. The fourth-order valence-corrected chi connectivity index (χ4v) is 3.01. The third-order valence-corrected chi connectivity index (χ3v) is 4.19. The Morgan fingerprint density at radius 3 is 2.40 bits per heavy atom. The van der Waals surface area contributed by atoms with Crippen molar-refractivity contribution in [2.75, 3.05) is 0 Å². The van der Waals surface area contributed by atoms with Crippen LogP contribution in [-0.2, 0) is 22.3 Å². The molecule has 0 aliphatic carbocycles. The number of aryl methyl sites for hydroxylation is 2. The van der Waals surface area contributed by atoms with Crippen molar-refractivity contribution in [3.8, 4) is 0 Å². The first-order valence-corrected chi connectivity index (χ1v) is 7.79. The van der Waals surface area contributed by atoms with Crippen molar-refractivity contribution in [1.82, 2.24) is 4.72 Å². The predicted molar refractivity (Wildman–Crippen MR) is 74.0 cm³/mol. The van der Waals surface area contributed by atoms with Crippen LogP contribution >= 0.6 is 0 Å².